The summed E-state index contributed by atoms with van der Waals surface area (Å²) in [5.41, 5.74) is 7.56. The van der Waals surface area contributed by atoms with Gasteiger partial charge in [-0.05, 0) is 23.8 Å². The van der Waals surface area contributed by atoms with E-state index in [0.29, 0.717) is 19.0 Å². The molecule has 1 unspecified atom stereocenters. The molecule has 0 amide bonds. The smallest absolute Gasteiger partial charge is 0.0867 e. The third-order valence-electron chi connectivity index (χ3n) is 2.72. The minimum Gasteiger partial charge on any atom is -0.399 e. The van der Waals surface area contributed by atoms with Gasteiger partial charge < -0.3 is 15.6 Å². The average Bonchev–Trinajstić information content (AvgIpc) is 2.46. The van der Waals surface area contributed by atoms with E-state index in [0.717, 1.165) is 16.1 Å². The van der Waals surface area contributed by atoms with Crippen LogP contribution in [0.2, 0.25) is 0 Å². The number of rotatable bonds is 7. The van der Waals surface area contributed by atoms with Gasteiger partial charge >= 0.3 is 0 Å². The maximum Gasteiger partial charge on any atom is 0.0867 e. The normalized spacial score (nSPS) is 12.2. The predicted octanol–water partition coefficient (Wildman–Crippen LogP) is 2.94. The molecule has 3 nitrogen and oxygen atoms in total. The first-order valence-corrected chi connectivity index (χ1v) is 7.50. The molecule has 0 aliphatic carbocycles. The van der Waals surface area contributed by atoms with Crippen LogP contribution in [0.15, 0.2) is 59.5 Å². The van der Waals surface area contributed by atoms with Crippen LogP contribution in [0, 0.1) is 0 Å². The third-order valence-corrected chi connectivity index (χ3v) is 3.86. The molecule has 1 atom stereocenters. The summed E-state index contributed by atoms with van der Waals surface area (Å²) in [6.07, 6.45) is -0.481. The summed E-state index contributed by atoms with van der Waals surface area (Å²) in [7, 11) is 0. The lowest BCUT2D eigenvalue weighted by Crippen LogP contribution is -2.17. The van der Waals surface area contributed by atoms with Gasteiger partial charge in [-0.25, -0.2) is 0 Å². The Kier molecular flexibility index (Phi) is 5.92. The van der Waals surface area contributed by atoms with E-state index in [1.165, 1.54) is 0 Å². The summed E-state index contributed by atoms with van der Waals surface area (Å²) < 4.78 is 5.51. The van der Waals surface area contributed by atoms with Gasteiger partial charge in [-0.2, -0.15) is 0 Å². The maximum atomic E-state index is 9.88. The molecule has 20 heavy (non-hydrogen) atoms. The molecule has 0 heterocycles. The van der Waals surface area contributed by atoms with Gasteiger partial charge in [-0.1, -0.05) is 36.4 Å². The van der Waals surface area contributed by atoms with Crippen molar-refractivity contribution in [3.63, 3.8) is 0 Å². The number of nitrogen functional groups attached to an aromatic ring is 1. The third kappa shape index (κ3) is 5.25. The molecule has 0 aliphatic heterocycles. The highest BCUT2D eigenvalue weighted by atomic mass is 32.2. The van der Waals surface area contributed by atoms with Crippen molar-refractivity contribution in [2.24, 2.45) is 0 Å². The highest BCUT2D eigenvalue weighted by molar-refractivity contribution is 7.99. The van der Waals surface area contributed by atoms with E-state index in [-0.39, 0.29) is 0 Å². The van der Waals surface area contributed by atoms with Gasteiger partial charge in [0.05, 0.1) is 19.3 Å². The van der Waals surface area contributed by atoms with Crippen LogP contribution in [-0.4, -0.2) is 23.6 Å². The van der Waals surface area contributed by atoms with Crippen LogP contribution in [-0.2, 0) is 11.3 Å². The summed E-state index contributed by atoms with van der Waals surface area (Å²) in [5, 5.41) is 9.88. The molecule has 0 fully saturated rings. The topological polar surface area (TPSA) is 55.5 Å². The van der Waals surface area contributed by atoms with Crippen LogP contribution in [0.1, 0.15) is 5.56 Å². The second-order valence-corrected chi connectivity index (χ2v) is 5.63. The van der Waals surface area contributed by atoms with Crippen molar-refractivity contribution in [1.29, 1.82) is 0 Å². The molecule has 0 bridgehead atoms. The summed E-state index contributed by atoms with van der Waals surface area (Å²) >= 11 is 1.58. The Hall–Kier alpha value is -1.49. The average molecular weight is 289 g/mol. The van der Waals surface area contributed by atoms with Crippen LogP contribution in [0.3, 0.4) is 0 Å². The van der Waals surface area contributed by atoms with E-state index < -0.39 is 6.10 Å². The zero-order chi connectivity index (χ0) is 14.2. The first-order chi connectivity index (χ1) is 9.74. The van der Waals surface area contributed by atoms with Gasteiger partial charge in [-0.3, -0.25) is 0 Å². The van der Waals surface area contributed by atoms with Crippen LogP contribution in [0.5, 0.6) is 0 Å². The molecule has 0 spiro atoms. The fourth-order valence-corrected chi connectivity index (χ4v) is 2.61. The summed E-state index contributed by atoms with van der Waals surface area (Å²) in [4.78, 5) is 1.06. The summed E-state index contributed by atoms with van der Waals surface area (Å²) in [6, 6.07) is 17.6. The fraction of sp³-hybridized carbons (Fsp3) is 0.250. The fourth-order valence-electron chi connectivity index (χ4n) is 1.73. The Labute approximate surface area is 123 Å². The van der Waals surface area contributed by atoms with Gasteiger partial charge in [0, 0.05) is 16.3 Å². The molecule has 0 aliphatic rings. The molecule has 0 saturated heterocycles. The number of anilines is 1. The molecule has 2 rings (SSSR count). The highest BCUT2D eigenvalue weighted by Crippen LogP contribution is 2.20. The van der Waals surface area contributed by atoms with Crippen molar-refractivity contribution in [1.82, 2.24) is 0 Å². The van der Waals surface area contributed by atoms with Crippen molar-refractivity contribution >= 4 is 17.4 Å². The van der Waals surface area contributed by atoms with Gasteiger partial charge in [0.1, 0.15) is 0 Å². The lowest BCUT2D eigenvalue weighted by molar-refractivity contribution is 0.0398. The van der Waals surface area contributed by atoms with Crippen LogP contribution < -0.4 is 5.73 Å². The number of aliphatic hydroxyl groups is 1. The Bertz CT molecular complexity index is 519. The standard InChI is InChI=1S/C16H19NO2S/c17-14-7-4-8-16(9-14)20-12-15(18)11-19-10-13-5-2-1-3-6-13/h1-9,15,18H,10-12,17H2. The molecule has 0 aromatic heterocycles. The van der Waals surface area contributed by atoms with E-state index in [1.54, 1.807) is 11.8 Å². The number of ether oxygens (including phenoxy) is 1. The molecule has 2 aromatic carbocycles. The summed E-state index contributed by atoms with van der Waals surface area (Å²) in [5.74, 6) is 0.595. The largest absolute Gasteiger partial charge is 0.399 e. The minimum atomic E-state index is -0.481. The van der Waals surface area contributed by atoms with Crippen molar-refractivity contribution in [3.05, 3.63) is 60.2 Å². The second-order valence-electron chi connectivity index (χ2n) is 4.54. The van der Waals surface area contributed by atoms with Gasteiger partial charge in [0.15, 0.2) is 0 Å². The van der Waals surface area contributed by atoms with E-state index in [1.807, 2.05) is 54.6 Å². The Morgan fingerprint density at radius 1 is 1.10 bits per heavy atom. The number of thioether (sulfide) groups is 1. The second kappa shape index (κ2) is 7.94. The van der Waals surface area contributed by atoms with Gasteiger partial charge in [0.2, 0.25) is 0 Å². The number of benzene rings is 2. The van der Waals surface area contributed by atoms with Crippen molar-refractivity contribution < 1.29 is 9.84 Å². The quantitative estimate of drug-likeness (QED) is 0.608. The molecule has 2 aromatic rings. The van der Waals surface area contributed by atoms with Gasteiger partial charge in [-0.15, -0.1) is 11.8 Å². The minimum absolute atomic E-state index is 0.338. The number of hydrogen-bond donors (Lipinski definition) is 2. The lowest BCUT2D eigenvalue weighted by Gasteiger charge is -2.11. The molecule has 0 radical (unpaired) electrons. The van der Waals surface area contributed by atoms with Crippen molar-refractivity contribution in [3.8, 4) is 0 Å². The SMILES string of the molecule is Nc1cccc(SCC(O)COCc2ccccc2)c1. The molecule has 4 heteroatoms. The Morgan fingerprint density at radius 3 is 2.65 bits per heavy atom. The molecule has 3 N–H and O–H groups in total. The lowest BCUT2D eigenvalue weighted by atomic mass is 10.2. The first kappa shape index (κ1) is 14.9. The monoisotopic (exact) mass is 289 g/mol. The molecular formula is C16H19NO2S. The Morgan fingerprint density at radius 2 is 1.90 bits per heavy atom. The number of hydrogen-bond acceptors (Lipinski definition) is 4. The molecule has 0 saturated carbocycles. The molecular weight excluding hydrogens is 270 g/mol. The van der Waals surface area contributed by atoms with Crippen LogP contribution in [0.4, 0.5) is 5.69 Å². The zero-order valence-corrected chi connectivity index (χ0v) is 12.1. The van der Waals surface area contributed by atoms with E-state index in [2.05, 4.69) is 0 Å². The van der Waals surface area contributed by atoms with Crippen LogP contribution >= 0.6 is 11.8 Å². The van der Waals surface area contributed by atoms with Crippen molar-refractivity contribution in [2.75, 3.05) is 18.1 Å². The highest BCUT2D eigenvalue weighted by Gasteiger charge is 2.06. The van der Waals surface area contributed by atoms with E-state index in [9.17, 15) is 5.11 Å². The Balaban J connectivity index is 1.67. The van der Waals surface area contributed by atoms with E-state index in [4.69, 9.17) is 10.5 Å². The molecule has 106 valence electrons. The van der Waals surface area contributed by atoms with Gasteiger partial charge in [0.25, 0.3) is 0 Å². The van der Waals surface area contributed by atoms with Crippen molar-refractivity contribution in [2.45, 2.75) is 17.6 Å². The first-order valence-electron chi connectivity index (χ1n) is 6.52. The number of aliphatic hydroxyl groups excluding tert-OH is 1. The van der Waals surface area contributed by atoms with Crippen LogP contribution in [0.25, 0.3) is 0 Å². The maximum absolute atomic E-state index is 9.88. The number of nitrogens with two attached hydrogens (primary N) is 1. The zero-order valence-electron chi connectivity index (χ0n) is 11.2. The summed E-state index contributed by atoms with van der Waals surface area (Å²) in [6.45, 7) is 0.866. The van der Waals surface area contributed by atoms with E-state index >= 15 is 0 Å². The predicted molar refractivity (Wildman–Crippen MR) is 83.7 cm³/mol.